The van der Waals surface area contributed by atoms with Gasteiger partial charge in [-0.05, 0) is 49.7 Å². The number of benzene rings is 1. The third-order valence-electron chi connectivity index (χ3n) is 3.65. The molecule has 0 amide bonds. The molecule has 1 aromatic rings. The monoisotopic (exact) mass is 340 g/mol. The number of nitrogens with two attached hydrogens (primary N) is 1. The average Bonchev–Trinajstić information content (AvgIpc) is 2.43. The van der Waals surface area contributed by atoms with Crippen LogP contribution in [0, 0.1) is 0 Å². The predicted molar refractivity (Wildman–Crippen MR) is 92.9 cm³/mol. The summed E-state index contributed by atoms with van der Waals surface area (Å²) < 4.78 is 1.11. The molecule has 1 rings (SSSR count). The van der Waals surface area contributed by atoms with Crippen LogP contribution >= 0.6 is 15.9 Å². The van der Waals surface area contributed by atoms with E-state index in [9.17, 15) is 0 Å². The van der Waals surface area contributed by atoms with E-state index < -0.39 is 0 Å². The van der Waals surface area contributed by atoms with Gasteiger partial charge >= 0.3 is 0 Å². The summed E-state index contributed by atoms with van der Waals surface area (Å²) in [4.78, 5) is 2.56. The molecule has 0 aliphatic heterocycles. The van der Waals surface area contributed by atoms with Crippen molar-refractivity contribution in [2.75, 3.05) is 18.8 Å². The minimum Gasteiger partial charge on any atom is -0.398 e. The van der Waals surface area contributed by atoms with E-state index in [0.717, 1.165) is 16.7 Å². The maximum absolute atomic E-state index is 6.10. The van der Waals surface area contributed by atoms with Crippen LogP contribution in [-0.4, -0.2) is 18.0 Å². The Morgan fingerprint density at radius 3 is 2.15 bits per heavy atom. The number of hydrogen-bond donors (Lipinski definition) is 1. The van der Waals surface area contributed by atoms with Gasteiger partial charge in [-0.15, -0.1) is 0 Å². The van der Waals surface area contributed by atoms with Crippen molar-refractivity contribution in [2.45, 2.75) is 58.9 Å². The van der Waals surface area contributed by atoms with Gasteiger partial charge < -0.3 is 5.73 Å². The summed E-state index contributed by atoms with van der Waals surface area (Å²) in [7, 11) is 0. The molecule has 0 radical (unpaired) electrons. The highest BCUT2D eigenvalue weighted by molar-refractivity contribution is 9.10. The van der Waals surface area contributed by atoms with Crippen LogP contribution in [0.25, 0.3) is 0 Å². The summed E-state index contributed by atoms with van der Waals surface area (Å²) in [6, 6.07) is 6.16. The summed E-state index contributed by atoms with van der Waals surface area (Å²) in [6.45, 7) is 7.85. The third-order valence-corrected chi connectivity index (χ3v) is 4.15. The number of nitrogen functional groups attached to an aromatic ring is 1. The Labute approximate surface area is 132 Å². The molecule has 114 valence electrons. The van der Waals surface area contributed by atoms with E-state index in [2.05, 4.69) is 40.7 Å². The van der Waals surface area contributed by atoms with Gasteiger partial charge in [-0.2, -0.15) is 0 Å². The van der Waals surface area contributed by atoms with Crippen molar-refractivity contribution in [2.24, 2.45) is 0 Å². The van der Waals surface area contributed by atoms with Crippen LogP contribution in [0.15, 0.2) is 22.7 Å². The van der Waals surface area contributed by atoms with Crippen molar-refractivity contribution in [1.29, 1.82) is 0 Å². The fourth-order valence-electron chi connectivity index (χ4n) is 2.39. The SMILES string of the molecule is CCCCCN(CCCCC)Cc1cc(Br)ccc1N. The summed E-state index contributed by atoms with van der Waals surface area (Å²) in [6.07, 6.45) is 7.77. The van der Waals surface area contributed by atoms with Crippen LogP contribution in [0.5, 0.6) is 0 Å². The first-order chi connectivity index (χ1) is 9.67. The lowest BCUT2D eigenvalue weighted by molar-refractivity contribution is 0.254. The Hall–Kier alpha value is -0.540. The Morgan fingerprint density at radius 2 is 1.60 bits per heavy atom. The van der Waals surface area contributed by atoms with Crippen molar-refractivity contribution in [1.82, 2.24) is 4.90 Å². The van der Waals surface area contributed by atoms with E-state index in [0.29, 0.717) is 0 Å². The quantitative estimate of drug-likeness (QED) is 0.467. The summed E-state index contributed by atoms with van der Waals surface area (Å²) in [5.41, 5.74) is 8.25. The van der Waals surface area contributed by atoms with Crippen molar-refractivity contribution in [3.05, 3.63) is 28.2 Å². The van der Waals surface area contributed by atoms with Crippen LogP contribution in [0.2, 0.25) is 0 Å². The Bertz CT molecular complexity index is 369. The van der Waals surface area contributed by atoms with Crippen molar-refractivity contribution in [3.8, 4) is 0 Å². The zero-order valence-corrected chi connectivity index (χ0v) is 14.6. The smallest absolute Gasteiger partial charge is 0.0360 e. The Kier molecular flexibility index (Phi) is 8.95. The van der Waals surface area contributed by atoms with Gasteiger partial charge in [0.1, 0.15) is 0 Å². The molecule has 3 heteroatoms. The first-order valence-electron chi connectivity index (χ1n) is 7.93. The van der Waals surface area contributed by atoms with Gasteiger partial charge in [0.2, 0.25) is 0 Å². The Balaban J connectivity index is 2.58. The number of unbranched alkanes of at least 4 members (excludes halogenated alkanes) is 4. The second-order valence-corrected chi connectivity index (χ2v) is 6.45. The zero-order chi connectivity index (χ0) is 14.8. The fraction of sp³-hybridized carbons (Fsp3) is 0.647. The van der Waals surface area contributed by atoms with Crippen LogP contribution in [0.3, 0.4) is 0 Å². The predicted octanol–water partition coefficient (Wildman–Crippen LogP) is 5.21. The van der Waals surface area contributed by atoms with E-state index in [1.807, 2.05) is 12.1 Å². The van der Waals surface area contributed by atoms with Gasteiger partial charge in [0.25, 0.3) is 0 Å². The molecule has 1 aromatic carbocycles. The van der Waals surface area contributed by atoms with E-state index in [1.165, 1.54) is 57.2 Å². The number of hydrogen-bond acceptors (Lipinski definition) is 2. The van der Waals surface area contributed by atoms with Crippen molar-refractivity contribution < 1.29 is 0 Å². The molecule has 0 aromatic heterocycles. The largest absolute Gasteiger partial charge is 0.398 e. The minimum atomic E-state index is 0.907. The molecule has 2 N–H and O–H groups in total. The number of rotatable bonds is 10. The van der Waals surface area contributed by atoms with Gasteiger partial charge in [0, 0.05) is 16.7 Å². The minimum absolute atomic E-state index is 0.907. The lowest BCUT2D eigenvalue weighted by Crippen LogP contribution is -2.26. The molecule has 0 saturated carbocycles. The Morgan fingerprint density at radius 1 is 1.00 bits per heavy atom. The highest BCUT2D eigenvalue weighted by Gasteiger charge is 2.08. The molecule has 0 aliphatic rings. The van der Waals surface area contributed by atoms with Gasteiger partial charge in [0.15, 0.2) is 0 Å². The van der Waals surface area contributed by atoms with Gasteiger partial charge in [-0.1, -0.05) is 55.5 Å². The first kappa shape index (κ1) is 17.5. The maximum Gasteiger partial charge on any atom is 0.0360 e. The van der Waals surface area contributed by atoms with Crippen LogP contribution in [0.1, 0.15) is 57.9 Å². The van der Waals surface area contributed by atoms with Gasteiger partial charge in [-0.3, -0.25) is 4.90 Å². The molecule has 0 unspecified atom stereocenters. The second-order valence-electron chi connectivity index (χ2n) is 5.53. The first-order valence-corrected chi connectivity index (χ1v) is 8.73. The molecular formula is C17H29BrN2. The van der Waals surface area contributed by atoms with E-state index >= 15 is 0 Å². The molecule has 20 heavy (non-hydrogen) atoms. The zero-order valence-electron chi connectivity index (χ0n) is 13.0. The van der Waals surface area contributed by atoms with Crippen LogP contribution in [0.4, 0.5) is 5.69 Å². The van der Waals surface area contributed by atoms with Gasteiger partial charge in [-0.25, -0.2) is 0 Å². The number of nitrogens with zero attached hydrogens (tertiary/aromatic N) is 1. The molecule has 2 nitrogen and oxygen atoms in total. The second kappa shape index (κ2) is 10.2. The highest BCUT2D eigenvalue weighted by Crippen LogP contribution is 2.20. The van der Waals surface area contributed by atoms with Crippen LogP contribution < -0.4 is 5.73 Å². The average molecular weight is 341 g/mol. The molecule has 0 atom stereocenters. The standard InChI is InChI=1S/C17H29BrN2/c1-3-5-7-11-20(12-8-6-4-2)14-15-13-16(18)9-10-17(15)19/h9-10,13H,3-8,11-12,14,19H2,1-2H3. The summed E-state index contributed by atoms with van der Waals surface area (Å²) in [5, 5.41) is 0. The number of anilines is 1. The molecule has 0 saturated heterocycles. The van der Waals surface area contributed by atoms with E-state index in [1.54, 1.807) is 0 Å². The lowest BCUT2D eigenvalue weighted by atomic mass is 10.1. The number of halogens is 1. The van der Waals surface area contributed by atoms with E-state index in [4.69, 9.17) is 5.73 Å². The van der Waals surface area contributed by atoms with Gasteiger partial charge in [0.05, 0.1) is 0 Å². The van der Waals surface area contributed by atoms with Crippen molar-refractivity contribution >= 4 is 21.6 Å². The fourth-order valence-corrected chi connectivity index (χ4v) is 2.80. The molecule has 0 aliphatic carbocycles. The molecule has 0 heterocycles. The molecule has 0 spiro atoms. The van der Waals surface area contributed by atoms with E-state index in [-0.39, 0.29) is 0 Å². The molecular weight excluding hydrogens is 312 g/mol. The molecule has 0 bridgehead atoms. The normalized spacial score (nSPS) is 11.2. The lowest BCUT2D eigenvalue weighted by Gasteiger charge is -2.23. The van der Waals surface area contributed by atoms with Crippen molar-refractivity contribution in [3.63, 3.8) is 0 Å². The third kappa shape index (κ3) is 6.76. The summed E-state index contributed by atoms with van der Waals surface area (Å²) >= 11 is 3.54. The summed E-state index contributed by atoms with van der Waals surface area (Å²) in [5.74, 6) is 0. The van der Waals surface area contributed by atoms with Crippen LogP contribution in [-0.2, 0) is 6.54 Å². The molecule has 0 fully saturated rings. The maximum atomic E-state index is 6.10. The highest BCUT2D eigenvalue weighted by atomic mass is 79.9. The topological polar surface area (TPSA) is 29.3 Å².